The number of halogens is 2. The Labute approximate surface area is 152 Å². The molecule has 0 radical (unpaired) electrons. The minimum Gasteiger partial charge on any atom is -0.465 e. The van der Waals surface area contributed by atoms with Crippen LogP contribution in [-0.2, 0) is 14.3 Å². The smallest absolute Gasteiger partial charge is 0.163 e. The van der Waals surface area contributed by atoms with Gasteiger partial charge in [0.25, 0.3) is 0 Å². The number of hydrogen-bond donors (Lipinski definition) is 0. The highest BCUT2D eigenvalue weighted by molar-refractivity contribution is 6.55. The quantitative estimate of drug-likeness (QED) is 0.635. The minimum absolute atomic E-state index is 0.0151. The zero-order valence-electron chi connectivity index (χ0n) is 14.5. The maximum atomic E-state index is 12.8. The fourth-order valence-corrected chi connectivity index (χ4v) is 4.27. The Morgan fingerprint density at radius 1 is 0.917 bits per heavy atom. The third-order valence-corrected chi connectivity index (χ3v) is 5.17. The Morgan fingerprint density at radius 2 is 1.33 bits per heavy atom. The van der Waals surface area contributed by atoms with Gasteiger partial charge in [-0.05, 0) is 16.9 Å². The average molecular weight is 369 g/mol. The Balaban J connectivity index is 2.14. The van der Waals surface area contributed by atoms with Crippen molar-refractivity contribution in [3.05, 3.63) is 33.2 Å². The van der Waals surface area contributed by atoms with E-state index in [1.54, 1.807) is 6.08 Å². The van der Waals surface area contributed by atoms with Crippen molar-refractivity contribution in [1.29, 1.82) is 0 Å². The van der Waals surface area contributed by atoms with E-state index in [9.17, 15) is 9.59 Å². The third kappa shape index (κ3) is 3.21. The van der Waals surface area contributed by atoms with Crippen molar-refractivity contribution in [3.8, 4) is 0 Å². The molecule has 0 aromatic carbocycles. The first-order chi connectivity index (χ1) is 11.0. The average Bonchev–Trinajstić information content (AvgIpc) is 2.32. The molecule has 3 nitrogen and oxygen atoms in total. The summed E-state index contributed by atoms with van der Waals surface area (Å²) in [5.74, 6) is 0.899. The second-order valence-corrected chi connectivity index (χ2v) is 9.60. The lowest BCUT2D eigenvalue weighted by Gasteiger charge is -2.41. The van der Waals surface area contributed by atoms with Crippen LogP contribution in [0.1, 0.15) is 53.4 Å². The molecular weight excluding hydrogens is 347 g/mol. The van der Waals surface area contributed by atoms with Crippen molar-refractivity contribution in [2.75, 3.05) is 0 Å². The fourth-order valence-electron chi connectivity index (χ4n) is 4.02. The molecule has 0 unspecified atom stereocenters. The number of ether oxygens (including phenoxy) is 1. The van der Waals surface area contributed by atoms with Crippen LogP contribution in [-0.4, -0.2) is 11.6 Å². The first kappa shape index (κ1) is 17.8. The van der Waals surface area contributed by atoms with Crippen molar-refractivity contribution >= 4 is 34.8 Å². The van der Waals surface area contributed by atoms with Crippen molar-refractivity contribution in [3.63, 3.8) is 0 Å². The summed E-state index contributed by atoms with van der Waals surface area (Å²) in [5, 5.41) is 0. The number of carbonyl (C=O) groups is 2. The van der Waals surface area contributed by atoms with Crippen LogP contribution in [0.25, 0.3) is 0 Å². The van der Waals surface area contributed by atoms with E-state index in [0.29, 0.717) is 48.3 Å². The van der Waals surface area contributed by atoms with Crippen molar-refractivity contribution < 1.29 is 14.3 Å². The van der Waals surface area contributed by atoms with Crippen LogP contribution in [0, 0.1) is 16.7 Å². The van der Waals surface area contributed by atoms with Crippen LogP contribution in [0.3, 0.4) is 0 Å². The Bertz CT molecular complexity index is 667. The van der Waals surface area contributed by atoms with Crippen LogP contribution in [0.5, 0.6) is 0 Å². The number of carbonyl (C=O) groups excluding carboxylic acids is 2. The van der Waals surface area contributed by atoms with Crippen molar-refractivity contribution in [2.24, 2.45) is 16.7 Å². The molecule has 0 fully saturated rings. The molecule has 0 bridgehead atoms. The lowest BCUT2D eigenvalue weighted by Crippen LogP contribution is -2.38. The van der Waals surface area contributed by atoms with E-state index in [0.717, 1.165) is 0 Å². The molecule has 3 rings (SSSR count). The van der Waals surface area contributed by atoms with Crippen LogP contribution < -0.4 is 0 Å². The molecule has 0 spiro atoms. The van der Waals surface area contributed by atoms with Crippen molar-refractivity contribution in [1.82, 2.24) is 0 Å². The summed E-state index contributed by atoms with van der Waals surface area (Å²) in [6.07, 6.45) is 3.81. The molecule has 5 heteroatoms. The SMILES string of the molecule is CC1(C)CC(=O)C2=C(C1)OC1=C(C(=O)CC(C)(C)C1)C2C=C(Cl)Cl. The molecule has 0 saturated heterocycles. The van der Waals surface area contributed by atoms with E-state index in [1.165, 1.54) is 0 Å². The molecule has 1 aliphatic heterocycles. The second-order valence-electron chi connectivity index (χ2n) is 8.59. The Kier molecular flexibility index (Phi) is 4.25. The molecule has 0 amide bonds. The summed E-state index contributed by atoms with van der Waals surface area (Å²) in [4.78, 5) is 25.5. The predicted octanol–water partition coefficient (Wildman–Crippen LogP) is 5.24. The van der Waals surface area contributed by atoms with Gasteiger partial charge in [0.2, 0.25) is 0 Å². The summed E-state index contributed by atoms with van der Waals surface area (Å²) in [7, 11) is 0. The first-order valence-electron chi connectivity index (χ1n) is 8.22. The highest BCUT2D eigenvalue weighted by atomic mass is 35.5. The van der Waals surface area contributed by atoms with E-state index in [2.05, 4.69) is 27.7 Å². The molecule has 130 valence electrons. The first-order valence-corrected chi connectivity index (χ1v) is 8.98. The lowest BCUT2D eigenvalue weighted by molar-refractivity contribution is -0.120. The standard InChI is InChI=1S/C19H22Cl2O3/c1-18(2)6-11(22)16-10(5-15(20)21)17-12(23)7-19(3,4)9-14(17)24-13(16)8-18/h5,10H,6-9H2,1-4H3. The molecule has 1 heterocycles. The van der Waals surface area contributed by atoms with E-state index in [1.807, 2.05) is 0 Å². The summed E-state index contributed by atoms with van der Waals surface area (Å²) in [6, 6.07) is 0. The van der Waals surface area contributed by atoms with Gasteiger partial charge in [-0.15, -0.1) is 0 Å². The summed E-state index contributed by atoms with van der Waals surface area (Å²) >= 11 is 11.8. The number of hydrogen-bond acceptors (Lipinski definition) is 3. The van der Waals surface area contributed by atoms with Crippen molar-refractivity contribution in [2.45, 2.75) is 53.4 Å². The molecule has 24 heavy (non-hydrogen) atoms. The van der Waals surface area contributed by atoms with Gasteiger partial charge < -0.3 is 4.74 Å². The second kappa shape index (κ2) is 5.74. The molecular formula is C19H22Cl2O3. The lowest BCUT2D eigenvalue weighted by atomic mass is 9.67. The number of Topliss-reactive ketones (excluding diaryl/α,β-unsaturated/α-hetero) is 2. The van der Waals surface area contributed by atoms with Gasteiger partial charge >= 0.3 is 0 Å². The number of rotatable bonds is 1. The zero-order chi connectivity index (χ0) is 17.9. The van der Waals surface area contributed by atoms with E-state index >= 15 is 0 Å². The van der Waals surface area contributed by atoms with Crippen LogP contribution in [0.2, 0.25) is 0 Å². The fraction of sp³-hybridized carbons (Fsp3) is 0.579. The summed E-state index contributed by atoms with van der Waals surface area (Å²) in [5.41, 5.74) is 0.808. The van der Waals surface area contributed by atoms with Gasteiger partial charge in [-0.3, -0.25) is 9.59 Å². The summed E-state index contributed by atoms with van der Waals surface area (Å²) in [6.45, 7) is 8.21. The number of ketones is 2. The molecule has 0 atom stereocenters. The van der Waals surface area contributed by atoms with Gasteiger partial charge in [-0.1, -0.05) is 50.9 Å². The monoisotopic (exact) mass is 368 g/mol. The normalized spacial score (nSPS) is 25.9. The van der Waals surface area contributed by atoms with Gasteiger partial charge in [0.05, 0.1) is 0 Å². The molecule has 0 aromatic rings. The van der Waals surface area contributed by atoms with Gasteiger partial charge in [-0.25, -0.2) is 0 Å². The highest BCUT2D eigenvalue weighted by Gasteiger charge is 2.46. The number of allylic oxidation sites excluding steroid dienone is 5. The van der Waals surface area contributed by atoms with E-state index < -0.39 is 5.92 Å². The van der Waals surface area contributed by atoms with Gasteiger partial charge in [-0.2, -0.15) is 0 Å². The Hall–Kier alpha value is -1.06. The molecule has 2 aliphatic carbocycles. The maximum absolute atomic E-state index is 12.8. The highest BCUT2D eigenvalue weighted by Crippen LogP contribution is 2.50. The van der Waals surface area contributed by atoms with Crippen LogP contribution in [0.4, 0.5) is 0 Å². The molecule has 0 saturated carbocycles. The van der Waals surface area contributed by atoms with Gasteiger partial charge in [0.15, 0.2) is 11.6 Å². The summed E-state index contributed by atoms with van der Waals surface area (Å²) < 4.78 is 6.19. The van der Waals surface area contributed by atoms with E-state index in [-0.39, 0.29) is 26.9 Å². The molecule has 0 N–H and O–H groups in total. The predicted molar refractivity (Wildman–Crippen MR) is 94.5 cm³/mol. The molecule has 0 aromatic heterocycles. The van der Waals surface area contributed by atoms with Crippen LogP contribution >= 0.6 is 23.2 Å². The topological polar surface area (TPSA) is 43.4 Å². The minimum atomic E-state index is -0.485. The van der Waals surface area contributed by atoms with Crippen LogP contribution in [0.15, 0.2) is 33.2 Å². The third-order valence-electron chi connectivity index (χ3n) is 4.92. The maximum Gasteiger partial charge on any atom is 0.163 e. The largest absolute Gasteiger partial charge is 0.465 e. The van der Waals surface area contributed by atoms with Gasteiger partial charge in [0, 0.05) is 42.7 Å². The Morgan fingerprint density at radius 3 is 1.71 bits per heavy atom. The molecule has 3 aliphatic rings. The van der Waals surface area contributed by atoms with E-state index in [4.69, 9.17) is 27.9 Å². The van der Waals surface area contributed by atoms with Gasteiger partial charge in [0.1, 0.15) is 16.0 Å². The zero-order valence-corrected chi connectivity index (χ0v) is 16.0.